The van der Waals surface area contributed by atoms with Gasteiger partial charge in [-0.05, 0) is 60.4 Å². The zero-order valence-corrected chi connectivity index (χ0v) is 43.9. The van der Waals surface area contributed by atoms with E-state index in [1.807, 2.05) is 48.5 Å². The van der Waals surface area contributed by atoms with Crippen molar-refractivity contribution in [3.8, 4) is 34.4 Å². The molecule has 11 rings (SSSR count). The third-order valence-electron chi connectivity index (χ3n) is 12.1. The number of pyridine rings is 4. The largest absolute Gasteiger partial charge is 2.00 e. The Bertz CT molecular complexity index is 3520. The van der Waals surface area contributed by atoms with Gasteiger partial charge in [-0.1, -0.05) is 122 Å². The molecule has 0 bridgehead atoms. The van der Waals surface area contributed by atoms with Crippen LogP contribution in [0.2, 0.25) is 0 Å². The first kappa shape index (κ1) is 56.6. The van der Waals surface area contributed by atoms with Gasteiger partial charge in [0.25, 0.3) is 0 Å². The van der Waals surface area contributed by atoms with Crippen molar-refractivity contribution < 1.29 is 94.8 Å². The van der Waals surface area contributed by atoms with Crippen molar-refractivity contribution in [1.29, 1.82) is 0 Å². The molecule has 8 aromatic heterocycles. The van der Waals surface area contributed by atoms with Crippen molar-refractivity contribution in [3.63, 3.8) is 0 Å². The maximum atomic E-state index is 13.3. The standard InChI is InChI=1S/C31H16F6N6.C21H14F6N6.2Pt/c32-30(33,34)25-15-17-42(40-25)27-13-5-11-23(38-27)29(21-9-3-1-7-19(21)20-8-2-4-10-22(20)29)24-12-6-14-28(39-24)43-18-16-26(41-43)31(35,36)37;1-19(2,13-5-3-7-17(28-13)32-11-9-15(30-32)20(22,23)24)14-6-4-8-18(29-14)33-12-10-16(31-33)21(25,26)27;;/h1-16H;3-10H,1-2H3;;/q2*-2;2*+2. The van der Waals surface area contributed by atoms with Crippen LogP contribution in [0.4, 0.5) is 52.7 Å². The quantitative estimate of drug-likeness (QED) is 0.109. The van der Waals surface area contributed by atoms with Gasteiger partial charge in [-0.25, -0.2) is 0 Å². The monoisotopic (exact) mass is 1440 g/mol. The summed E-state index contributed by atoms with van der Waals surface area (Å²) >= 11 is 0. The van der Waals surface area contributed by atoms with E-state index >= 15 is 0 Å². The van der Waals surface area contributed by atoms with Crippen molar-refractivity contribution in [2.24, 2.45) is 0 Å². The van der Waals surface area contributed by atoms with Gasteiger partial charge in [0.1, 0.15) is 5.41 Å². The van der Waals surface area contributed by atoms with Crippen LogP contribution in [0.25, 0.3) is 34.4 Å². The minimum Gasteiger partial charge on any atom is -0.343 e. The molecule has 0 radical (unpaired) electrons. The van der Waals surface area contributed by atoms with E-state index in [9.17, 15) is 52.7 Å². The van der Waals surface area contributed by atoms with Gasteiger partial charge < -0.3 is 18.7 Å². The van der Waals surface area contributed by atoms with E-state index in [2.05, 4.69) is 55.2 Å². The molecule has 0 atom stereocenters. The number of alkyl halides is 12. The summed E-state index contributed by atoms with van der Waals surface area (Å²) in [5, 5.41) is 14.2. The fourth-order valence-corrected chi connectivity index (χ4v) is 8.50. The molecule has 8 heterocycles. The Kier molecular flexibility index (Phi) is 15.2. The van der Waals surface area contributed by atoms with Crippen molar-refractivity contribution in [1.82, 2.24) is 59.1 Å². The average Bonchev–Trinajstić information content (AvgIpc) is 4.28. The van der Waals surface area contributed by atoms with Gasteiger partial charge in [0, 0.05) is 28.2 Å². The van der Waals surface area contributed by atoms with Crippen LogP contribution in [0.3, 0.4) is 0 Å². The molecule has 0 N–H and O–H groups in total. The van der Waals surface area contributed by atoms with Gasteiger partial charge in [0.15, 0.2) is 0 Å². The van der Waals surface area contributed by atoms with Crippen molar-refractivity contribution >= 4 is 0 Å². The molecule has 0 unspecified atom stereocenters. The van der Waals surface area contributed by atoms with Crippen LogP contribution in [0.15, 0.2) is 146 Å². The number of benzene rings is 2. The molecule has 0 spiro atoms. The van der Waals surface area contributed by atoms with Gasteiger partial charge >= 0.3 is 66.8 Å². The van der Waals surface area contributed by atoms with Gasteiger partial charge in [0.05, 0.1) is 46.0 Å². The summed E-state index contributed by atoms with van der Waals surface area (Å²) in [7, 11) is 0. The third-order valence-corrected chi connectivity index (χ3v) is 12.1. The Labute approximate surface area is 462 Å². The predicted octanol–water partition coefficient (Wildman–Crippen LogP) is 11.7. The Morgan fingerprint density at radius 3 is 0.923 bits per heavy atom. The first-order chi connectivity index (χ1) is 35.9. The summed E-state index contributed by atoms with van der Waals surface area (Å²) in [6.07, 6.45) is -8.80. The molecule has 12 nitrogen and oxygen atoms in total. The fourth-order valence-electron chi connectivity index (χ4n) is 8.50. The van der Waals surface area contributed by atoms with Crippen LogP contribution in [-0.2, 0) is 77.7 Å². The number of halogens is 12. The molecule has 0 saturated carbocycles. The molecule has 0 amide bonds. The zero-order valence-electron chi connectivity index (χ0n) is 39.4. The second-order valence-electron chi connectivity index (χ2n) is 17.3. The van der Waals surface area contributed by atoms with E-state index in [4.69, 9.17) is 9.97 Å². The van der Waals surface area contributed by atoms with Gasteiger partial charge in [-0.15, -0.1) is 24.3 Å². The molecule has 1 aliphatic carbocycles. The summed E-state index contributed by atoms with van der Waals surface area (Å²) in [4.78, 5) is 18.4. The molecule has 1 aliphatic rings. The van der Waals surface area contributed by atoms with E-state index in [0.29, 0.717) is 22.8 Å². The minimum absolute atomic E-state index is 0. The first-order valence-electron chi connectivity index (χ1n) is 22.2. The molecule has 10 aromatic rings. The normalized spacial score (nSPS) is 13.2. The fraction of sp³-hybridized carbons (Fsp3) is 0.154. The number of hydrogen-bond donors (Lipinski definition) is 0. The van der Waals surface area contributed by atoms with E-state index in [1.54, 1.807) is 62.4 Å². The molecule has 2 aromatic carbocycles. The second-order valence-corrected chi connectivity index (χ2v) is 17.3. The maximum Gasteiger partial charge on any atom is 2.00 e. The summed E-state index contributed by atoms with van der Waals surface area (Å²) in [5.41, 5.74) is -1.47. The number of nitrogens with zero attached hydrogens (tertiary/aromatic N) is 12. The number of rotatable bonds is 8. The molecule has 0 fully saturated rings. The van der Waals surface area contributed by atoms with Crippen LogP contribution in [0, 0.1) is 24.8 Å². The first-order valence-corrected chi connectivity index (χ1v) is 22.2. The summed E-state index contributed by atoms with van der Waals surface area (Å²) in [6, 6.07) is 37.3. The van der Waals surface area contributed by atoms with Crippen molar-refractivity contribution in [2.45, 2.75) is 49.4 Å². The smallest absolute Gasteiger partial charge is 0.343 e. The zero-order chi connectivity index (χ0) is 54.0. The SMILES string of the molecule is CC(C)(c1cccc(-n2[c-]cc(C(F)(F)F)n2)n1)c1cccc(-n2[c-]cc(C(F)(F)F)n2)n1.FC(F)(F)c1c[c-]n(-c2cccc(C3(c4cccc(-n5[c-]cc(C(F)(F)F)n5)n4)c4ccccc4-c4ccccc43)n2)n1.[Pt+2].[Pt+2]. The van der Waals surface area contributed by atoms with Crippen molar-refractivity contribution in [3.05, 3.63) is 227 Å². The van der Waals surface area contributed by atoms with Gasteiger partial charge in [-0.2, -0.15) is 52.7 Å². The molecule has 0 aliphatic heterocycles. The van der Waals surface area contributed by atoms with Gasteiger partial charge in [-0.3, -0.25) is 40.3 Å². The predicted molar refractivity (Wildman–Crippen MR) is 244 cm³/mol. The number of fused-ring (bicyclic) bond motifs is 3. The van der Waals surface area contributed by atoms with Crippen LogP contribution in [0.5, 0.6) is 0 Å². The summed E-state index contributed by atoms with van der Waals surface area (Å²) in [6.45, 7) is 3.54. The van der Waals surface area contributed by atoms with Crippen LogP contribution in [-0.4, -0.2) is 59.1 Å². The molecular weight excluding hydrogens is 1410 g/mol. The van der Waals surface area contributed by atoms with Crippen LogP contribution in [0.1, 0.15) is 70.5 Å². The summed E-state index contributed by atoms with van der Waals surface area (Å²) in [5.74, 6) is 0.395. The summed E-state index contributed by atoms with van der Waals surface area (Å²) < 4.78 is 161. The molecule has 402 valence electrons. The average molecular weight is 1440 g/mol. The Balaban J connectivity index is 0.000000208. The van der Waals surface area contributed by atoms with E-state index in [-0.39, 0.29) is 65.4 Å². The van der Waals surface area contributed by atoms with Gasteiger partial charge in [0.2, 0.25) is 0 Å². The minimum atomic E-state index is -4.66. The molecule has 26 heteroatoms. The molecule has 78 heavy (non-hydrogen) atoms. The topological polar surface area (TPSA) is 123 Å². The molecule has 0 saturated heterocycles. The van der Waals surface area contributed by atoms with E-state index < -0.39 is 58.3 Å². The van der Waals surface area contributed by atoms with Crippen LogP contribution >= 0.6 is 0 Å². The Morgan fingerprint density at radius 2 is 0.628 bits per heavy atom. The second kappa shape index (κ2) is 21.0. The van der Waals surface area contributed by atoms with E-state index in [0.717, 1.165) is 65.2 Å². The van der Waals surface area contributed by atoms with E-state index in [1.165, 1.54) is 24.3 Å². The maximum absolute atomic E-state index is 13.3. The number of aromatic nitrogens is 12. The molecular formula is C52H30F12N12Pt2. The van der Waals surface area contributed by atoms with Crippen molar-refractivity contribution in [2.75, 3.05) is 0 Å². The number of hydrogen-bond acceptors (Lipinski definition) is 8. The Hall–Kier alpha value is -7.58. The third kappa shape index (κ3) is 10.7. The Morgan fingerprint density at radius 1 is 0.346 bits per heavy atom. The van der Waals surface area contributed by atoms with Crippen LogP contribution < -0.4 is 0 Å².